The van der Waals surface area contributed by atoms with E-state index in [1.807, 2.05) is 0 Å². The lowest BCUT2D eigenvalue weighted by Crippen LogP contribution is -2.38. The average molecular weight is 363 g/mol. The molecule has 2 aromatic carbocycles. The Kier molecular flexibility index (Phi) is 5.49. The first kappa shape index (κ1) is 18.1. The molecule has 0 amide bonds. The van der Waals surface area contributed by atoms with Crippen LogP contribution in [-0.2, 0) is 6.42 Å². The number of benzene rings is 2. The topological polar surface area (TPSA) is 20.3 Å². The van der Waals surface area contributed by atoms with Crippen LogP contribution >= 0.6 is 0 Å². The lowest BCUT2D eigenvalue weighted by molar-refractivity contribution is 0.104. The number of nitrogens with zero attached hydrogens (tertiary/aromatic N) is 1. The second-order valence-corrected chi connectivity index (χ2v) is 7.68. The maximum atomic E-state index is 13.1. The van der Waals surface area contributed by atoms with Crippen molar-refractivity contribution in [1.82, 2.24) is 4.90 Å². The molecule has 0 radical (unpaired) electrons. The van der Waals surface area contributed by atoms with Gasteiger partial charge >= 0.3 is 0 Å². The van der Waals surface area contributed by atoms with Crippen LogP contribution in [0.15, 0.2) is 60.7 Å². The lowest BCUT2D eigenvalue weighted by Gasteiger charge is -2.31. The molecule has 1 aliphatic heterocycles. The smallest absolute Gasteiger partial charge is 0.185 e. The lowest BCUT2D eigenvalue weighted by atomic mass is 9.95. The maximum Gasteiger partial charge on any atom is 0.185 e. The number of fused-ring (bicyclic) bond motifs is 1. The first-order valence-corrected chi connectivity index (χ1v) is 10.0. The molecule has 0 unspecified atom stereocenters. The van der Waals surface area contributed by atoms with E-state index in [0.717, 1.165) is 19.5 Å². The van der Waals surface area contributed by atoms with Crippen LogP contribution in [0.1, 0.15) is 53.1 Å². The maximum absolute atomic E-state index is 13.1. The van der Waals surface area contributed by atoms with E-state index in [2.05, 4.69) is 35.2 Å². The molecule has 0 spiro atoms. The van der Waals surface area contributed by atoms with Gasteiger partial charge in [0.25, 0.3) is 0 Å². The summed E-state index contributed by atoms with van der Waals surface area (Å²) in [5, 5.41) is 0. The number of hydrogen-bond donors (Lipinski definition) is 0. The number of halogens is 1. The van der Waals surface area contributed by atoms with Gasteiger partial charge in [-0.1, -0.05) is 43.2 Å². The van der Waals surface area contributed by atoms with Crippen LogP contribution in [0.4, 0.5) is 4.39 Å². The van der Waals surface area contributed by atoms with Gasteiger partial charge in [0.05, 0.1) is 0 Å². The highest BCUT2D eigenvalue weighted by Crippen LogP contribution is 2.38. The molecule has 2 atom stereocenters. The van der Waals surface area contributed by atoms with Crippen molar-refractivity contribution in [2.45, 2.75) is 44.1 Å². The quantitative estimate of drug-likeness (QED) is 0.553. The minimum absolute atomic E-state index is 0.0611. The number of rotatable bonds is 4. The summed E-state index contributed by atoms with van der Waals surface area (Å²) in [5.74, 6) is -0.140. The zero-order chi connectivity index (χ0) is 18.6. The van der Waals surface area contributed by atoms with Gasteiger partial charge in [-0.15, -0.1) is 0 Å². The van der Waals surface area contributed by atoms with Crippen LogP contribution in [0.3, 0.4) is 0 Å². The Morgan fingerprint density at radius 2 is 1.67 bits per heavy atom. The Hall–Kier alpha value is -2.26. The van der Waals surface area contributed by atoms with Gasteiger partial charge in [-0.3, -0.25) is 9.69 Å². The molecule has 2 aliphatic rings. The van der Waals surface area contributed by atoms with E-state index in [-0.39, 0.29) is 17.5 Å². The normalized spacial score (nSPS) is 23.3. The fourth-order valence-electron chi connectivity index (χ4n) is 4.52. The minimum atomic E-state index is -0.318. The summed E-state index contributed by atoms with van der Waals surface area (Å²) in [6, 6.07) is 14.8. The van der Waals surface area contributed by atoms with Crippen LogP contribution in [0.25, 0.3) is 0 Å². The fourth-order valence-corrected chi connectivity index (χ4v) is 4.52. The van der Waals surface area contributed by atoms with Crippen molar-refractivity contribution < 1.29 is 9.18 Å². The molecule has 0 aromatic heterocycles. The number of allylic oxidation sites excluding steroid dienone is 1. The van der Waals surface area contributed by atoms with Gasteiger partial charge in [-0.05, 0) is 73.8 Å². The van der Waals surface area contributed by atoms with E-state index in [4.69, 9.17) is 0 Å². The Morgan fingerprint density at radius 1 is 0.963 bits per heavy atom. The SMILES string of the molecule is O=C(/C=C\[C@@H]1c2ccccc2C[C@@H]1N1CCCCCC1)c1ccc(F)cc1. The van der Waals surface area contributed by atoms with Crippen molar-refractivity contribution in [1.29, 1.82) is 0 Å². The summed E-state index contributed by atoms with van der Waals surface area (Å²) < 4.78 is 13.1. The van der Waals surface area contributed by atoms with Crippen LogP contribution in [-0.4, -0.2) is 29.8 Å². The first-order chi connectivity index (χ1) is 13.2. The Bertz CT molecular complexity index is 819. The Labute approximate surface area is 160 Å². The molecule has 27 heavy (non-hydrogen) atoms. The molecule has 2 aromatic rings. The van der Waals surface area contributed by atoms with Gasteiger partial charge in [0.2, 0.25) is 0 Å². The van der Waals surface area contributed by atoms with E-state index in [1.54, 1.807) is 18.2 Å². The first-order valence-electron chi connectivity index (χ1n) is 10.0. The Balaban J connectivity index is 1.58. The molecule has 0 bridgehead atoms. The van der Waals surface area contributed by atoms with Crippen molar-refractivity contribution in [3.05, 3.63) is 83.2 Å². The second kappa shape index (κ2) is 8.18. The third-order valence-corrected chi connectivity index (χ3v) is 5.95. The number of carbonyl (C=O) groups is 1. The molecule has 1 aliphatic carbocycles. The van der Waals surface area contributed by atoms with Gasteiger partial charge in [0.1, 0.15) is 5.82 Å². The zero-order valence-corrected chi connectivity index (χ0v) is 15.6. The van der Waals surface area contributed by atoms with Gasteiger partial charge in [0, 0.05) is 17.5 Å². The molecular weight excluding hydrogens is 337 g/mol. The molecule has 1 saturated heterocycles. The molecular formula is C24H26FNO. The highest BCUT2D eigenvalue weighted by atomic mass is 19.1. The summed E-state index contributed by atoms with van der Waals surface area (Å²) >= 11 is 0. The largest absolute Gasteiger partial charge is 0.299 e. The number of ketones is 1. The van der Waals surface area contributed by atoms with E-state index in [9.17, 15) is 9.18 Å². The predicted octanol–water partition coefficient (Wildman–Crippen LogP) is 5.15. The van der Waals surface area contributed by atoms with Gasteiger partial charge in [-0.25, -0.2) is 4.39 Å². The summed E-state index contributed by atoms with van der Waals surface area (Å²) in [5.41, 5.74) is 3.27. The predicted molar refractivity (Wildman–Crippen MR) is 107 cm³/mol. The molecule has 4 rings (SSSR count). The van der Waals surface area contributed by atoms with Gasteiger partial charge < -0.3 is 0 Å². The number of carbonyl (C=O) groups excluding carboxylic acids is 1. The second-order valence-electron chi connectivity index (χ2n) is 7.68. The molecule has 1 fully saturated rings. The molecule has 0 N–H and O–H groups in total. The summed E-state index contributed by atoms with van der Waals surface area (Å²) in [4.78, 5) is 15.2. The standard InChI is InChI=1S/C24H26FNO/c25-20-11-9-18(10-12-20)24(27)14-13-22-21-8-4-3-7-19(21)17-23(22)26-15-5-1-2-6-16-26/h3-4,7-14,22-23H,1-2,5-6,15-17H2/b14-13-/t22-,23+/m1/s1. The van der Waals surface area contributed by atoms with E-state index < -0.39 is 0 Å². The van der Waals surface area contributed by atoms with Crippen molar-refractivity contribution >= 4 is 5.78 Å². The highest BCUT2D eigenvalue weighted by Gasteiger charge is 2.34. The summed E-state index contributed by atoms with van der Waals surface area (Å²) in [6.07, 6.45) is 9.98. The fraction of sp³-hybridized carbons (Fsp3) is 0.375. The monoisotopic (exact) mass is 363 g/mol. The molecule has 0 saturated carbocycles. The number of hydrogen-bond acceptors (Lipinski definition) is 2. The van der Waals surface area contributed by atoms with Crippen LogP contribution < -0.4 is 0 Å². The summed E-state index contributed by atoms with van der Waals surface area (Å²) in [6.45, 7) is 2.30. The van der Waals surface area contributed by atoms with Gasteiger partial charge in [-0.2, -0.15) is 0 Å². The third kappa shape index (κ3) is 4.03. The molecule has 140 valence electrons. The molecule has 3 heteroatoms. The van der Waals surface area contributed by atoms with Crippen LogP contribution in [0.2, 0.25) is 0 Å². The van der Waals surface area contributed by atoms with E-state index >= 15 is 0 Å². The van der Waals surface area contributed by atoms with Crippen molar-refractivity contribution in [3.63, 3.8) is 0 Å². The van der Waals surface area contributed by atoms with Crippen molar-refractivity contribution in [3.8, 4) is 0 Å². The van der Waals surface area contributed by atoms with Gasteiger partial charge in [0.15, 0.2) is 5.78 Å². The minimum Gasteiger partial charge on any atom is -0.299 e. The molecule has 2 nitrogen and oxygen atoms in total. The Morgan fingerprint density at radius 3 is 2.41 bits per heavy atom. The van der Waals surface area contributed by atoms with Crippen molar-refractivity contribution in [2.24, 2.45) is 0 Å². The van der Waals surface area contributed by atoms with Crippen molar-refractivity contribution in [2.75, 3.05) is 13.1 Å². The number of likely N-dealkylation sites (tertiary alicyclic amines) is 1. The van der Waals surface area contributed by atoms with E-state index in [0.29, 0.717) is 11.6 Å². The van der Waals surface area contributed by atoms with Crippen LogP contribution in [0, 0.1) is 5.82 Å². The molecule has 1 heterocycles. The summed E-state index contributed by atoms with van der Waals surface area (Å²) in [7, 11) is 0. The average Bonchev–Trinajstić information content (AvgIpc) is 2.86. The van der Waals surface area contributed by atoms with Crippen LogP contribution in [0.5, 0.6) is 0 Å². The highest BCUT2D eigenvalue weighted by molar-refractivity contribution is 6.04. The zero-order valence-electron chi connectivity index (χ0n) is 15.6. The third-order valence-electron chi connectivity index (χ3n) is 5.95. The van der Waals surface area contributed by atoms with E-state index in [1.165, 1.54) is 48.9 Å².